The van der Waals surface area contributed by atoms with E-state index in [1.54, 1.807) is 81.1 Å². The Hall–Kier alpha value is -4.13. The van der Waals surface area contributed by atoms with Crippen LogP contribution in [-0.2, 0) is 38.1 Å². The fourth-order valence-corrected chi connectivity index (χ4v) is 18.5. The van der Waals surface area contributed by atoms with Gasteiger partial charge in [-0.25, -0.2) is 8.78 Å². The number of hydrogen-bond donors (Lipinski definition) is 2. The number of halogens is 2. The van der Waals surface area contributed by atoms with Crippen LogP contribution in [-0.4, -0.2) is 98.1 Å². The third kappa shape index (κ3) is 7.30. The Morgan fingerprint density at radius 2 is 1.08 bits per heavy atom. The van der Waals surface area contributed by atoms with Crippen molar-refractivity contribution in [3.63, 3.8) is 0 Å². The van der Waals surface area contributed by atoms with Crippen molar-refractivity contribution >= 4 is 50.6 Å². The van der Waals surface area contributed by atoms with Gasteiger partial charge in [0.25, 0.3) is 5.24 Å². The van der Waals surface area contributed by atoms with Gasteiger partial charge in [-0.3, -0.25) is 24.0 Å². The van der Waals surface area contributed by atoms with Crippen molar-refractivity contribution < 1.29 is 61.9 Å². The van der Waals surface area contributed by atoms with Gasteiger partial charge in [0.15, 0.2) is 35.3 Å². The minimum absolute atomic E-state index is 0.00645. The summed E-state index contributed by atoms with van der Waals surface area (Å²) in [5.74, 6) is -0.867. The second-order valence-corrected chi connectivity index (χ2v) is 25.3. The number of ether oxygens (including phenoxy) is 4. The van der Waals surface area contributed by atoms with Crippen molar-refractivity contribution in [3.05, 3.63) is 119 Å². The Bertz CT molecular complexity index is 2850. The summed E-state index contributed by atoms with van der Waals surface area (Å²) < 4.78 is 55.2. The zero-order chi connectivity index (χ0) is 52.7. The summed E-state index contributed by atoms with van der Waals surface area (Å²) in [6, 6.07) is 12.5. The van der Waals surface area contributed by atoms with E-state index in [9.17, 15) is 43.0 Å². The number of ketones is 2. The fraction of sp³-hybridized carbons (Fsp3) is 0.569. The average molecular weight is 1050 g/mol. The highest BCUT2D eigenvalue weighted by molar-refractivity contribution is 8.26. The molecule has 2 heterocycles. The molecule has 16 heteroatoms. The molecule has 18 atom stereocenters. The zero-order valence-electron chi connectivity index (χ0n) is 42.8. The maximum atomic E-state index is 14.8. The number of amides is 1. The van der Waals surface area contributed by atoms with E-state index in [2.05, 4.69) is 20.8 Å². The lowest BCUT2D eigenvalue weighted by molar-refractivity contribution is -0.195. The van der Waals surface area contributed by atoms with E-state index in [1.165, 1.54) is 17.0 Å². The maximum absolute atomic E-state index is 14.8. The molecule has 394 valence electrons. The zero-order valence-corrected chi connectivity index (χ0v) is 44.4. The number of allylic oxidation sites excluding steroid dienone is 8. The van der Waals surface area contributed by atoms with Gasteiger partial charge < -0.3 is 34.1 Å². The fourth-order valence-electron chi connectivity index (χ4n) is 16.8. The van der Waals surface area contributed by atoms with E-state index in [-0.39, 0.29) is 69.6 Å². The number of fused-ring (bicyclic) bond motifs is 14. The summed E-state index contributed by atoms with van der Waals surface area (Å²) in [5, 5.41) is 22.5. The first-order chi connectivity index (χ1) is 35.1. The highest BCUT2D eigenvalue weighted by atomic mass is 32.2. The van der Waals surface area contributed by atoms with E-state index < -0.39 is 86.4 Å². The van der Waals surface area contributed by atoms with Crippen molar-refractivity contribution in [1.82, 2.24) is 4.90 Å². The summed E-state index contributed by atoms with van der Waals surface area (Å²) in [4.78, 5) is 66.1. The van der Waals surface area contributed by atoms with Crippen LogP contribution >= 0.6 is 23.5 Å². The lowest BCUT2D eigenvalue weighted by atomic mass is 9.46. The van der Waals surface area contributed by atoms with Crippen LogP contribution in [0.2, 0.25) is 0 Å². The number of aliphatic hydroxyl groups excluding tert-OH is 2. The predicted octanol–water partition coefficient (Wildman–Crippen LogP) is 9.57. The summed E-state index contributed by atoms with van der Waals surface area (Å²) in [5.41, 5.74) is -2.53. The molecule has 0 aromatic heterocycles. The first kappa shape index (κ1) is 51.9. The van der Waals surface area contributed by atoms with Gasteiger partial charge in [-0.15, -0.1) is 0 Å². The smallest absolute Gasteiger partial charge is 0.288 e. The first-order valence-electron chi connectivity index (χ1n) is 26.0. The van der Waals surface area contributed by atoms with E-state index in [4.69, 9.17) is 18.9 Å². The molecule has 12 nitrogen and oxygen atoms in total. The second kappa shape index (κ2) is 18.2. The van der Waals surface area contributed by atoms with Crippen LogP contribution in [0.3, 0.4) is 0 Å². The molecule has 8 fully saturated rings. The minimum atomic E-state index is -1.54. The number of hydrogen-bond acceptors (Lipinski definition) is 13. The van der Waals surface area contributed by atoms with Crippen molar-refractivity contribution in [2.45, 2.75) is 127 Å². The van der Waals surface area contributed by atoms with Gasteiger partial charge in [-0.05, 0) is 118 Å². The third-order valence-corrected chi connectivity index (χ3v) is 21.8. The molecule has 2 aromatic carbocycles. The van der Waals surface area contributed by atoms with Crippen LogP contribution in [0.25, 0.3) is 0 Å². The Morgan fingerprint density at radius 1 is 0.662 bits per heavy atom. The first-order valence-corrected chi connectivity index (χ1v) is 28.0. The predicted molar refractivity (Wildman–Crippen MR) is 273 cm³/mol. The number of carbonyl (C=O) groups is 5. The molecule has 8 aliphatic carbocycles. The molecule has 12 rings (SSSR count). The van der Waals surface area contributed by atoms with Gasteiger partial charge in [0.05, 0.1) is 24.4 Å². The molecule has 1 amide bonds. The lowest BCUT2D eigenvalue weighted by Crippen LogP contribution is -2.62. The monoisotopic (exact) mass is 1050 g/mol. The Kier molecular flexibility index (Phi) is 12.8. The SMILES string of the molecule is CN(C)C(=O)SC(=O)[C@@]12OC(c3ccccc3F)O[C@@H]1C[C@H]1[C@@H]3CCC4=CC(=O)C=C[C@]4(C)[C@H]3[C@@H](O)C[C@@]12C.CSC(=O)[C@@]12OC(c3ccccc3F)O[C@@H]1C[C@H]1[C@@H]3CCC4=CC(=O)C=C[C@]4(C)[C@H]3[C@@H](O)C[C@@]12C. The standard InChI is InChI=1S/C30H34FNO6S.C28H31FO5S/c1-28-12-11-17(33)13-16(28)9-10-18-20-14-23-30(26(35)39-27(36)32(3)4,29(20,2)15-22(34)24(18)28)38-25(37-23)19-7-5-6-8-21(19)31;1-26-11-10-16(30)12-15(26)8-9-17-19-13-22-28(25(32)35-3,27(19,2)14-21(31)23(17)26)34-24(33-22)18-6-4-5-7-20(18)29/h5-8,11-13,18,20,22-25,34H,9-10,14-15H2,1-4H3;4-7,10-12,17,19,21-24,31H,8-9,13-14H2,1-3H3/t18-,20-,22-,23+,24+,25?,28-,29-,30-;17-,19-,21-,22+,23+,24?,26-,27-,28-/m00/s1. The van der Waals surface area contributed by atoms with Crippen LogP contribution in [0, 0.1) is 68.8 Å². The van der Waals surface area contributed by atoms with Crippen LogP contribution in [0.1, 0.15) is 103 Å². The normalized spacial score (nSPS) is 43.9. The molecule has 2 aliphatic heterocycles. The molecular formula is C58H65F2NO11S2. The van der Waals surface area contributed by atoms with Crippen LogP contribution in [0.4, 0.5) is 13.6 Å². The molecule has 2 unspecified atom stereocenters. The Balaban J connectivity index is 0.000000160. The number of benzene rings is 2. The lowest BCUT2D eigenvalue weighted by Gasteiger charge is -2.59. The van der Waals surface area contributed by atoms with E-state index in [0.29, 0.717) is 36.6 Å². The highest BCUT2D eigenvalue weighted by Crippen LogP contribution is 2.73. The van der Waals surface area contributed by atoms with Crippen molar-refractivity contribution in [1.29, 1.82) is 0 Å². The van der Waals surface area contributed by atoms with Crippen molar-refractivity contribution in [2.24, 2.45) is 57.2 Å². The van der Waals surface area contributed by atoms with Gasteiger partial charge in [-0.2, -0.15) is 0 Å². The number of aliphatic hydroxyl groups is 2. The maximum Gasteiger partial charge on any atom is 0.288 e. The molecule has 6 saturated carbocycles. The van der Waals surface area contributed by atoms with E-state index >= 15 is 0 Å². The van der Waals surface area contributed by atoms with Gasteiger partial charge in [0, 0.05) is 70.5 Å². The second-order valence-electron chi connectivity index (χ2n) is 23.6. The molecule has 2 N–H and O–H groups in total. The largest absolute Gasteiger partial charge is 0.393 e. The van der Waals surface area contributed by atoms with Crippen molar-refractivity contribution in [3.8, 4) is 0 Å². The van der Waals surface area contributed by atoms with Gasteiger partial charge in [-0.1, -0.05) is 99.2 Å². The van der Waals surface area contributed by atoms with Gasteiger partial charge in [0.2, 0.25) is 10.2 Å². The molecule has 10 aliphatic rings. The highest BCUT2D eigenvalue weighted by Gasteiger charge is 2.78. The quantitative estimate of drug-likeness (QED) is 0.298. The summed E-state index contributed by atoms with van der Waals surface area (Å²) >= 11 is 1.70. The van der Waals surface area contributed by atoms with E-state index in [0.717, 1.165) is 48.6 Å². The molecule has 2 saturated heterocycles. The van der Waals surface area contributed by atoms with Gasteiger partial charge in [0.1, 0.15) is 11.6 Å². The number of nitrogens with zero attached hydrogens (tertiary/aromatic N) is 1. The number of rotatable bonds is 4. The Labute approximate surface area is 439 Å². The minimum Gasteiger partial charge on any atom is -0.393 e. The molecular weight excluding hydrogens is 989 g/mol. The van der Waals surface area contributed by atoms with Crippen molar-refractivity contribution in [2.75, 3.05) is 20.4 Å². The molecule has 2 aromatic rings. The van der Waals surface area contributed by atoms with E-state index in [1.807, 2.05) is 19.1 Å². The summed E-state index contributed by atoms with van der Waals surface area (Å²) in [7, 11) is 3.16. The average Bonchev–Trinajstić information content (AvgIpc) is 4.07. The third-order valence-electron chi connectivity index (χ3n) is 20.1. The Morgan fingerprint density at radius 3 is 1.49 bits per heavy atom. The summed E-state index contributed by atoms with van der Waals surface area (Å²) in [6.07, 6.45) is 12.5. The summed E-state index contributed by atoms with van der Waals surface area (Å²) in [6.45, 7) is 8.25. The van der Waals surface area contributed by atoms with Crippen LogP contribution in [0.15, 0.2) is 96.1 Å². The van der Waals surface area contributed by atoms with Gasteiger partial charge >= 0.3 is 0 Å². The molecule has 0 spiro atoms. The topological polar surface area (TPSA) is 166 Å². The molecule has 0 bridgehead atoms. The molecule has 0 radical (unpaired) electrons. The number of carbonyl (C=O) groups excluding carboxylic acids is 5. The van der Waals surface area contributed by atoms with Crippen LogP contribution < -0.4 is 0 Å². The number of thioether (sulfide) groups is 2. The molecule has 74 heavy (non-hydrogen) atoms. The van der Waals surface area contributed by atoms with Crippen LogP contribution in [0.5, 0.6) is 0 Å².